The Morgan fingerprint density at radius 2 is 1.24 bits per heavy atom. The topological polar surface area (TPSA) is 36.9 Å². The molecule has 0 N–H and O–H groups in total. The molecule has 2 saturated carbocycles. The van der Waals surface area contributed by atoms with Gasteiger partial charge in [0, 0.05) is 24.0 Å². The van der Waals surface area contributed by atoms with Gasteiger partial charge in [0.2, 0.25) is 0 Å². The molecule has 2 aromatic carbocycles. The van der Waals surface area contributed by atoms with E-state index in [1.807, 2.05) is 0 Å². The van der Waals surface area contributed by atoms with Crippen LogP contribution in [0.5, 0.6) is 5.75 Å². The number of halogens is 9. The first-order valence-electron chi connectivity index (χ1n) is 18.2. The van der Waals surface area contributed by atoms with Crippen LogP contribution in [0.15, 0.2) is 36.4 Å². The molecule has 0 amide bonds. The molecule has 4 nitrogen and oxygen atoms in total. The van der Waals surface area contributed by atoms with Crippen LogP contribution in [0, 0.1) is 35.3 Å². The van der Waals surface area contributed by atoms with Crippen molar-refractivity contribution < 1.29 is 58.5 Å². The lowest BCUT2D eigenvalue weighted by Crippen LogP contribution is -2.41. The molecule has 0 unspecified atom stereocenters. The highest BCUT2D eigenvalue weighted by Crippen LogP contribution is 2.44. The second-order valence-corrected chi connectivity index (χ2v) is 14.5. The smallest absolute Gasteiger partial charge is 0.429 e. The van der Waals surface area contributed by atoms with E-state index < -0.39 is 47.1 Å². The summed E-state index contributed by atoms with van der Waals surface area (Å²) in [5, 5.41) is 0. The second kappa shape index (κ2) is 17.1. The molecular formula is C38H47F9O4. The molecule has 0 atom stereocenters. The van der Waals surface area contributed by atoms with Crippen molar-refractivity contribution in [2.24, 2.45) is 23.7 Å². The van der Waals surface area contributed by atoms with Gasteiger partial charge in [-0.05, 0) is 74.0 Å². The van der Waals surface area contributed by atoms with E-state index in [2.05, 4.69) is 16.4 Å². The summed E-state index contributed by atoms with van der Waals surface area (Å²) in [5.41, 5.74) is -2.25. The van der Waals surface area contributed by atoms with Crippen LogP contribution in [-0.2, 0) is 26.4 Å². The quantitative estimate of drug-likeness (QED) is 0.143. The summed E-state index contributed by atoms with van der Waals surface area (Å²) < 4.78 is 142. The summed E-state index contributed by atoms with van der Waals surface area (Å²) in [6.45, 7) is 3.68. The molecule has 0 spiro atoms. The lowest BCUT2D eigenvalue weighted by atomic mass is 9.74. The maximum absolute atomic E-state index is 14.9. The fourth-order valence-electron chi connectivity index (χ4n) is 8.03. The number of hydrogen-bond donors (Lipinski definition) is 0. The summed E-state index contributed by atoms with van der Waals surface area (Å²) in [4.78, 5) is 0. The monoisotopic (exact) mass is 738 g/mol. The summed E-state index contributed by atoms with van der Waals surface area (Å²) in [7, 11) is 0. The van der Waals surface area contributed by atoms with E-state index in [9.17, 15) is 39.5 Å². The third-order valence-electron chi connectivity index (χ3n) is 10.9. The van der Waals surface area contributed by atoms with Crippen molar-refractivity contribution in [3.05, 3.63) is 64.7 Å². The standard InChI is InChI=1S/C38H47F9O4/c1-2-3-4-5-6-7-24-8-10-27(11-9-24)29-22-48-35(49-23-29)28-14-12-25(13-15-28)26-16-18-30(19-17-26)36(41,42)50-31-20-32(39)34(33(40)21-31)37(43,44)51-38(45,46)47/h16-21,24-25,27-29,35H,2-15,22-23H2,1H3. The molecule has 1 heterocycles. The SMILES string of the molecule is CCCCCCCC1CCC(C2COC(C3CCC(c4ccc(C(F)(F)Oc5cc(F)c(C(F)(F)OC(F)(F)F)c(F)c5)cc4)CC3)OC2)CC1. The molecule has 286 valence electrons. The molecule has 0 bridgehead atoms. The zero-order valence-electron chi connectivity index (χ0n) is 28.8. The van der Waals surface area contributed by atoms with Gasteiger partial charge < -0.3 is 14.2 Å². The van der Waals surface area contributed by atoms with E-state index in [-0.39, 0.29) is 30.3 Å². The van der Waals surface area contributed by atoms with Crippen molar-refractivity contribution in [2.45, 2.75) is 128 Å². The van der Waals surface area contributed by atoms with E-state index in [0.29, 0.717) is 11.8 Å². The molecule has 3 fully saturated rings. The first-order valence-corrected chi connectivity index (χ1v) is 18.2. The zero-order chi connectivity index (χ0) is 36.8. The Bertz CT molecular complexity index is 1350. The molecule has 1 saturated heterocycles. The summed E-state index contributed by atoms with van der Waals surface area (Å²) >= 11 is 0. The highest BCUT2D eigenvalue weighted by Gasteiger charge is 2.50. The maximum Gasteiger partial charge on any atom is 0.527 e. The summed E-state index contributed by atoms with van der Waals surface area (Å²) in [5.74, 6) is -3.42. The Kier molecular flexibility index (Phi) is 13.3. The number of benzene rings is 2. The van der Waals surface area contributed by atoms with Crippen LogP contribution >= 0.6 is 0 Å². The van der Waals surface area contributed by atoms with Crippen molar-refractivity contribution in [3.63, 3.8) is 0 Å². The van der Waals surface area contributed by atoms with Crippen molar-refractivity contribution in [3.8, 4) is 5.75 Å². The van der Waals surface area contributed by atoms with Gasteiger partial charge in [-0.25, -0.2) is 13.5 Å². The minimum absolute atomic E-state index is 0.0609. The molecule has 5 rings (SSSR count). The van der Waals surface area contributed by atoms with E-state index in [1.54, 1.807) is 0 Å². The van der Waals surface area contributed by atoms with Gasteiger partial charge in [-0.15, -0.1) is 13.2 Å². The Hall–Kier alpha value is -2.51. The Morgan fingerprint density at radius 1 is 0.667 bits per heavy atom. The fourth-order valence-corrected chi connectivity index (χ4v) is 8.03. The average Bonchev–Trinajstić information content (AvgIpc) is 3.07. The van der Waals surface area contributed by atoms with Gasteiger partial charge in [0.05, 0.1) is 18.8 Å². The van der Waals surface area contributed by atoms with Crippen LogP contribution in [0.25, 0.3) is 0 Å². The highest BCUT2D eigenvalue weighted by atomic mass is 19.4. The minimum Gasteiger partial charge on any atom is -0.429 e. The second-order valence-electron chi connectivity index (χ2n) is 14.5. The molecule has 0 aromatic heterocycles. The van der Waals surface area contributed by atoms with Gasteiger partial charge in [-0.3, -0.25) is 0 Å². The highest BCUT2D eigenvalue weighted by molar-refractivity contribution is 5.34. The average molecular weight is 739 g/mol. The summed E-state index contributed by atoms with van der Waals surface area (Å²) in [6, 6.07) is 5.10. The predicted octanol–water partition coefficient (Wildman–Crippen LogP) is 12.1. The van der Waals surface area contributed by atoms with Crippen LogP contribution in [-0.4, -0.2) is 25.9 Å². The van der Waals surface area contributed by atoms with Gasteiger partial charge in [-0.2, -0.15) is 17.6 Å². The van der Waals surface area contributed by atoms with Crippen molar-refractivity contribution >= 4 is 0 Å². The minimum atomic E-state index is -5.93. The first kappa shape index (κ1) is 39.7. The molecule has 2 aromatic rings. The maximum atomic E-state index is 14.9. The number of ether oxygens (including phenoxy) is 4. The number of rotatable bonds is 14. The molecule has 2 aliphatic carbocycles. The lowest BCUT2D eigenvalue weighted by molar-refractivity contribution is -0.432. The van der Waals surface area contributed by atoms with Crippen LogP contribution in [0.1, 0.15) is 119 Å². The summed E-state index contributed by atoms with van der Waals surface area (Å²) in [6.07, 6.45) is 0.668. The van der Waals surface area contributed by atoms with Gasteiger partial charge in [0.25, 0.3) is 0 Å². The molecule has 0 radical (unpaired) electrons. The van der Waals surface area contributed by atoms with Crippen molar-refractivity contribution in [1.29, 1.82) is 0 Å². The van der Waals surface area contributed by atoms with Crippen LogP contribution in [0.3, 0.4) is 0 Å². The molecule has 13 heteroatoms. The van der Waals surface area contributed by atoms with Gasteiger partial charge in [0.15, 0.2) is 6.29 Å². The fraction of sp³-hybridized carbons (Fsp3) is 0.684. The number of alkyl halides is 7. The predicted molar refractivity (Wildman–Crippen MR) is 171 cm³/mol. The zero-order valence-corrected chi connectivity index (χ0v) is 28.8. The normalized spacial score (nSPS) is 26.6. The Balaban J connectivity index is 1.06. The van der Waals surface area contributed by atoms with Gasteiger partial charge >= 0.3 is 18.6 Å². The third kappa shape index (κ3) is 10.8. The third-order valence-corrected chi connectivity index (χ3v) is 10.9. The van der Waals surface area contributed by atoms with Crippen LogP contribution < -0.4 is 4.74 Å². The number of unbranched alkanes of at least 4 members (excludes halogenated alkanes) is 4. The first-order chi connectivity index (χ1) is 24.1. The molecule has 1 aliphatic heterocycles. The van der Waals surface area contributed by atoms with E-state index in [1.165, 1.54) is 76.3 Å². The Morgan fingerprint density at radius 3 is 1.80 bits per heavy atom. The van der Waals surface area contributed by atoms with E-state index in [0.717, 1.165) is 62.5 Å². The lowest BCUT2D eigenvalue weighted by Gasteiger charge is -2.41. The largest absolute Gasteiger partial charge is 0.527 e. The van der Waals surface area contributed by atoms with Crippen LogP contribution in [0.2, 0.25) is 0 Å². The Labute approximate surface area is 293 Å². The molecular weight excluding hydrogens is 691 g/mol. The van der Waals surface area contributed by atoms with Crippen molar-refractivity contribution in [2.75, 3.05) is 13.2 Å². The molecule has 3 aliphatic rings. The van der Waals surface area contributed by atoms with Gasteiger partial charge in [0.1, 0.15) is 22.9 Å². The number of hydrogen-bond acceptors (Lipinski definition) is 4. The van der Waals surface area contributed by atoms with Crippen molar-refractivity contribution in [1.82, 2.24) is 0 Å². The van der Waals surface area contributed by atoms with E-state index in [4.69, 9.17) is 9.47 Å². The van der Waals surface area contributed by atoms with E-state index >= 15 is 0 Å². The van der Waals surface area contributed by atoms with Gasteiger partial charge in [-0.1, -0.05) is 70.4 Å². The molecule has 51 heavy (non-hydrogen) atoms. The van der Waals surface area contributed by atoms with Crippen LogP contribution in [0.4, 0.5) is 39.5 Å².